The molecule has 3 aromatic rings. The zero-order valence-corrected chi connectivity index (χ0v) is 14.2. The molecule has 25 heavy (non-hydrogen) atoms. The molecule has 9 nitrogen and oxygen atoms in total. The van der Waals surface area contributed by atoms with Gasteiger partial charge in [0.25, 0.3) is 5.89 Å². The van der Waals surface area contributed by atoms with Gasteiger partial charge in [0.05, 0.1) is 11.9 Å². The fourth-order valence-electron chi connectivity index (χ4n) is 2.81. The van der Waals surface area contributed by atoms with Crippen molar-refractivity contribution in [3.63, 3.8) is 0 Å². The van der Waals surface area contributed by atoms with Crippen LogP contribution in [0.25, 0.3) is 10.2 Å². The van der Waals surface area contributed by atoms with Crippen molar-refractivity contribution >= 4 is 33.3 Å². The van der Waals surface area contributed by atoms with Crippen LogP contribution in [0.4, 0.5) is 5.82 Å². The van der Waals surface area contributed by atoms with Crippen LogP contribution in [0.1, 0.15) is 45.9 Å². The zero-order chi connectivity index (χ0) is 17.4. The number of carboxylic acid groups (broad SMARTS) is 1. The number of rotatable bonds is 5. The lowest BCUT2D eigenvalue weighted by Crippen LogP contribution is -2.05. The third-order valence-corrected chi connectivity index (χ3v) is 5.21. The van der Waals surface area contributed by atoms with Crippen LogP contribution in [0.3, 0.4) is 0 Å². The Kier molecular flexibility index (Phi) is 4.06. The van der Waals surface area contributed by atoms with Crippen molar-refractivity contribution in [3.05, 3.63) is 28.5 Å². The van der Waals surface area contributed by atoms with E-state index in [-0.39, 0.29) is 11.0 Å². The summed E-state index contributed by atoms with van der Waals surface area (Å²) in [4.78, 5) is 24.9. The second-order valence-electron chi connectivity index (χ2n) is 5.67. The maximum absolute atomic E-state index is 11.3. The van der Waals surface area contributed by atoms with E-state index in [0.29, 0.717) is 46.5 Å². The van der Waals surface area contributed by atoms with Crippen molar-refractivity contribution in [1.82, 2.24) is 20.1 Å². The van der Waals surface area contributed by atoms with Gasteiger partial charge in [-0.15, -0.1) is 11.3 Å². The zero-order valence-electron chi connectivity index (χ0n) is 13.4. The number of hydrogen-bond donors (Lipinski definition) is 2. The number of thiophene rings is 1. The first-order valence-electron chi connectivity index (χ1n) is 7.79. The van der Waals surface area contributed by atoms with Crippen molar-refractivity contribution in [2.24, 2.45) is 0 Å². The molecule has 1 atom stereocenters. The summed E-state index contributed by atoms with van der Waals surface area (Å²) < 4.78 is 10.8. The number of fused-ring (bicyclic) bond motifs is 1. The fourth-order valence-corrected chi connectivity index (χ4v) is 3.80. The Hall–Kier alpha value is -2.59. The Morgan fingerprint density at radius 1 is 1.48 bits per heavy atom. The van der Waals surface area contributed by atoms with Gasteiger partial charge >= 0.3 is 5.97 Å². The minimum atomic E-state index is -0.967. The quantitative estimate of drug-likeness (QED) is 0.705. The second kappa shape index (κ2) is 6.37. The summed E-state index contributed by atoms with van der Waals surface area (Å²) in [6, 6.07) is 0. The van der Waals surface area contributed by atoms with Crippen LogP contribution < -0.4 is 5.32 Å². The summed E-state index contributed by atoms with van der Waals surface area (Å²) in [6.45, 7) is 2.77. The van der Waals surface area contributed by atoms with Crippen LogP contribution >= 0.6 is 11.3 Å². The van der Waals surface area contributed by atoms with Crippen molar-refractivity contribution in [1.29, 1.82) is 0 Å². The van der Waals surface area contributed by atoms with Crippen LogP contribution in [0, 0.1) is 6.92 Å². The van der Waals surface area contributed by atoms with E-state index in [0.717, 1.165) is 24.2 Å². The molecule has 0 amide bonds. The third-order valence-electron chi connectivity index (χ3n) is 4.02. The van der Waals surface area contributed by atoms with Gasteiger partial charge in [-0.05, 0) is 25.3 Å². The summed E-state index contributed by atoms with van der Waals surface area (Å²) in [6.07, 6.45) is 3.15. The highest BCUT2D eigenvalue weighted by Crippen LogP contribution is 2.33. The lowest BCUT2D eigenvalue weighted by Gasteiger charge is -2.04. The standard InChI is InChI=1S/C15H15N5O4S/c1-7-10-12(17-6-18-14(10)25-11(7)15(21)22)16-5-9-19-13(24-20-9)8-3-2-4-23-8/h6,8H,2-5H2,1H3,(H,21,22)(H,16,17,18). The van der Waals surface area contributed by atoms with Crippen molar-refractivity contribution in [3.8, 4) is 0 Å². The van der Waals surface area contributed by atoms with Gasteiger partial charge in [0.15, 0.2) is 5.82 Å². The Morgan fingerprint density at radius 3 is 3.12 bits per heavy atom. The first-order chi connectivity index (χ1) is 12.1. The molecule has 1 aliphatic heterocycles. The van der Waals surface area contributed by atoms with Crippen molar-refractivity contribution in [2.75, 3.05) is 11.9 Å². The number of carbonyl (C=O) groups is 1. The van der Waals surface area contributed by atoms with E-state index >= 15 is 0 Å². The molecule has 1 aliphatic rings. The molecule has 130 valence electrons. The molecule has 3 aromatic heterocycles. The van der Waals surface area contributed by atoms with Crippen LogP contribution in [-0.4, -0.2) is 37.8 Å². The lowest BCUT2D eigenvalue weighted by molar-refractivity contribution is 0.0701. The maximum atomic E-state index is 11.3. The number of aromatic nitrogens is 4. The summed E-state index contributed by atoms with van der Waals surface area (Å²) >= 11 is 1.13. The van der Waals surface area contributed by atoms with E-state index in [1.165, 1.54) is 6.33 Å². The van der Waals surface area contributed by atoms with E-state index in [1.807, 2.05) is 0 Å². The number of hydrogen-bond acceptors (Lipinski definition) is 9. The van der Waals surface area contributed by atoms with Gasteiger partial charge in [0.2, 0.25) is 0 Å². The highest BCUT2D eigenvalue weighted by molar-refractivity contribution is 7.20. The van der Waals surface area contributed by atoms with E-state index in [4.69, 9.17) is 9.26 Å². The number of aromatic carboxylic acids is 1. The van der Waals surface area contributed by atoms with Crippen LogP contribution in [-0.2, 0) is 11.3 Å². The molecule has 0 saturated carbocycles. The summed E-state index contributed by atoms with van der Waals surface area (Å²) in [5.41, 5.74) is 0.642. The third kappa shape index (κ3) is 2.94. The molecule has 2 N–H and O–H groups in total. The number of aryl methyl sites for hydroxylation is 1. The average molecular weight is 361 g/mol. The second-order valence-corrected chi connectivity index (χ2v) is 6.67. The first kappa shape index (κ1) is 15.9. The van der Waals surface area contributed by atoms with Crippen LogP contribution in [0.15, 0.2) is 10.9 Å². The number of ether oxygens (including phenoxy) is 1. The van der Waals surface area contributed by atoms with Crippen molar-refractivity contribution in [2.45, 2.75) is 32.4 Å². The summed E-state index contributed by atoms with van der Waals surface area (Å²) in [5, 5.41) is 17.1. The molecule has 4 heterocycles. The maximum Gasteiger partial charge on any atom is 0.346 e. The van der Waals surface area contributed by atoms with E-state index in [1.54, 1.807) is 6.92 Å². The summed E-state index contributed by atoms with van der Waals surface area (Å²) in [5.74, 6) is 0.561. The van der Waals surface area contributed by atoms with Gasteiger partial charge in [-0.25, -0.2) is 14.8 Å². The first-order valence-corrected chi connectivity index (χ1v) is 8.60. The minimum Gasteiger partial charge on any atom is -0.477 e. The molecule has 0 aromatic carbocycles. The molecule has 0 aliphatic carbocycles. The van der Waals surface area contributed by atoms with Gasteiger partial charge < -0.3 is 19.7 Å². The Morgan fingerprint density at radius 2 is 2.36 bits per heavy atom. The Balaban J connectivity index is 1.56. The topological polar surface area (TPSA) is 123 Å². The largest absolute Gasteiger partial charge is 0.477 e. The molecule has 1 unspecified atom stereocenters. The number of carboxylic acids is 1. The monoisotopic (exact) mass is 361 g/mol. The molecule has 1 fully saturated rings. The minimum absolute atomic E-state index is 0.121. The van der Waals surface area contributed by atoms with Gasteiger partial charge in [-0.2, -0.15) is 4.98 Å². The van der Waals surface area contributed by atoms with Gasteiger partial charge in [0, 0.05) is 6.61 Å². The van der Waals surface area contributed by atoms with E-state index in [9.17, 15) is 9.90 Å². The summed E-state index contributed by atoms with van der Waals surface area (Å²) in [7, 11) is 0. The molecule has 4 rings (SSSR count). The molecule has 0 bridgehead atoms. The average Bonchev–Trinajstić information content (AvgIpc) is 3.32. The molecule has 0 radical (unpaired) electrons. The highest BCUT2D eigenvalue weighted by Gasteiger charge is 2.24. The molecule has 0 spiro atoms. The van der Waals surface area contributed by atoms with Crippen molar-refractivity contribution < 1.29 is 19.2 Å². The molecule has 1 saturated heterocycles. The molecular formula is C15H15N5O4S. The predicted molar refractivity (Wildman–Crippen MR) is 88.7 cm³/mol. The Labute approximate surface area is 146 Å². The van der Waals surface area contributed by atoms with E-state index in [2.05, 4.69) is 25.4 Å². The smallest absolute Gasteiger partial charge is 0.346 e. The number of nitrogens with one attached hydrogen (secondary N) is 1. The van der Waals surface area contributed by atoms with Gasteiger partial charge in [-0.1, -0.05) is 5.16 Å². The lowest BCUT2D eigenvalue weighted by atomic mass is 10.2. The van der Waals surface area contributed by atoms with Crippen LogP contribution in [0.5, 0.6) is 0 Å². The molecule has 10 heteroatoms. The fraction of sp³-hybridized carbons (Fsp3) is 0.400. The van der Waals surface area contributed by atoms with E-state index < -0.39 is 5.97 Å². The van der Waals surface area contributed by atoms with Gasteiger partial charge in [0.1, 0.15) is 28.0 Å². The van der Waals surface area contributed by atoms with Crippen LogP contribution in [0.2, 0.25) is 0 Å². The SMILES string of the molecule is Cc1c(C(=O)O)sc2ncnc(NCc3noc(C4CCCO4)n3)c12. The number of anilines is 1. The Bertz CT molecular complexity index is 931. The number of nitrogens with zero attached hydrogens (tertiary/aromatic N) is 4. The highest BCUT2D eigenvalue weighted by atomic mass is 32.1. The van der Waals surface area contributed by atoms with Gasteiger partial charge in [-0.3, -0.25) is 0 Å². The molecular weight excluding hydrogens is 346 g/mol. The normalized spacial score (nSPS) is 17.2. The predicted octanol–water partition coefficient (Wildman–Crippen LogP) is 2.54.